The number of rotatable bonds is 5. The molecule has 0 aliphatic rings. The molecule has 0 radical (unpaired) electrons. The van der Waals surface area contributed by atoms with Crippen LogP contribution in [0.3, 0.4) is 0 Å². The molecule has 3 N–H and O–H groups in total. The Labute approximate surface area is 126 Å². The van der Waals surface area contributed by atoms with Crippen molar-refractivity contribution in [2.45, 2.75) is 24.3 Å². The van der Waals surface area contributed by atoms with E-state index in [1.165, 1.54) is 19.2 Å². The lowest BCUT2D eigenvalue weighted by molar-refractivity contribution is 0.177. The fraction of sp³-hybridized carbons (Fsp3) is 0.455. The van der Waals surface area contributed by atoms with Crippen LogP contribution in [0.15, 0.2) is 21.5 Å². The normalized spacial score (nSPS) is 13.8. The third-order valence-electron chi connectivity index (χ3n) is 2.58. The van der Waals surface area contributed by atoms with E-state index in [-0.39, 0.29) is 22.2 Å². The highest BCUT2D eigenvalue weighted by atomic mass is 79.9. The Bertz CT molecular complexity index is 563. The van der Waals surface area contributed by atoms with Gasteiger partial charge in [-0.25, -0.2) is 12.7 Å². The highest BCUT2D eigenvalue weighted by Crippen LogP contribution is 2.32. The van der Waals surface area contributed by atoms with Crippen molar-refractivity contribution in [3.8, 4) is 0 Å². The molecule has 0 aliphatic carbocycles. The molecule has 0 fully saturated rings. The summed E-state index contributed by atoms with van der Waals surface area (Å²) in [5.74, 6) is 0. The summed E-state index contributed by atoms with van der Waals surface area (Å²) >= 11 is 9.00. The Morgan fingerprint density at radius 3 is 2.63 bits per heavy atom. The van der Waals surface area contributed by atoms with Gasteiger partial charge in [-0.2, -0.15) is 0 Å². The van der Waals surface area contributed by atoms with Crippen LogP contribution in [0, 0.1) is 0 Å². The maximum Gasteiger partial charge on any atom is 0.244 e. The number of halogens is 2. The summed E-state index contributed by atoms with van der Waals surface area (Å²) in [7, 11) is -2.25. The maximum absolute atomic E-state index is 12.4. The van der Waals surface area contributed by atoms with Gasteiger partial charge in [-0.05, 0) is 41.4 Å². The topological polar surface area (TPSA) is 83.6 Å². The molecule has 0 heterocycles. The average Bonchev–Trinajstić information content (AvgIpc) is 2.30. The second-order valence-corrected chi connectivity index (χ2v) is 7.51. The van der Waals surface area contributed by atoms with Gasteiger partial charge in [-0.1, -0.05) is 11.6 Å². The van der Waals surface area contributed by atoms with Crippen molar-refractivity contribution in [1.82, 2.24) is 4.31 Å². The second-order valence-electron chi connectivity index (χ2n) is 4.27. The number of nitrogens with zero attached hydrogens (tertiary/aromatic N) is 1. The Morgan fingerprint density at radius 1 is 1.53 bits per heavy atom. The number of hydrogen-bond acceptors (Lipinski definition) is 4. The third-order valence-corrected chi connectivity index (χ3v) is 5.83. The molecule has 0 spiro atoms. The zero-order chi connectivity index (χ0) is 14.8. The molecule has 1 atom stereocenters. The molecule has 1 rings (SSSR count). The van der Waals surface area contributed by atoms with Crippen LogP contribution in [0.1, 0.15) is 13.3 Å². The number of nitrogen functional groups attached to an aromatic ring is 1. The van der Waals surface area contributed by atoms with Crippen LogP contribution >= 0.6 is 27.5 Å². The Morgan fingerprint density at radius 2 is 2.11 bits per heavy atom. The van der Waals surface area contributed by atoms with Crippen LogP contribution in [-0.4, -0.2) is 37.5 Å². The molecule has 0 saturated carbocycles. The minimum atomic E-state index is -3.70. The first-order valence-corrected chi connectivity index (χ1v) is 8.16. The molecule has 0 saturated heterocycles. The van der Waals surface area contributed by atoms with Gasteiger partial charge in [-0.3, -0.25) is 0 Å². The smallest absolute Gasteiger partial charge is 0.244 e. The molecular weight excluding hydrogens is 356 g/mol. The molecule has 1 unspecified atom stereocenters. The van der Waals surface area contributed by atoms with Gasteiger partial charge in [0.05, 0.1) is 15.5 Å². The highest BCUT2D eigenvalue weighted by molar-refractivity contribution is 9.10. The molecule has 1 aromatic rings. The van der Waals surface area contributed by atoms with Crippen molar-refractivity contribution in [3.63, 3.8) is 0 Å². The second kappa shape index (κ2) is 6.41. The minimum Gasteiger partial charge on any atom is -0.398 e. The van der Waals surface area contributed by atoms with Gasteiger partial charge in [0.25, 0.3) is 0 Å². The number of anilines is 1. The SMILES string of the molecule is CC(O)CCN(C)S(=O)(=O)c1cc(Cl)cc(N)c1Br. The Balaban J connectivity index is 3.13. The summed E-state index contributed by atoms with van der Waals surface area (Å²) in [4.78, 5) is 0.0191. The summed E-state index contributed by atoms with van der Waals surface area (Å²) < 4.78 is 26.2. The molecule has 0 aliphatic heterocycles. The number of aliphatic hydroxyl groups excluding tert-OH is 1. The largest absolute Gasteiger partial charge is 0.398 e. The van der Waals surface area contributed by atoms with Gasteiger partial charge in [0.1, 0.15) is 0 Å². The molecule has 19 heavy (non-hydrogen) atoms. The van der Waals surface area contributed by atoms with Crippen LogP contribution < -0.4 is 5.73 Å². The van der Waals surface area contributed by atoms with E-state index < -0.39 is 16.1 Å². The maximum atomic E-state index is 12.4. The molecule has 0 amide bonds. The lowest BCUT2D eigenvalue weighted by Crippen LogP contribution is -2.30. The fourth-order valence-electron chi connectivity index (χ4n) is 1.43. The van der Waals surface area contributed by atoms with Crippen molar-refractivity contribution in [2.24, 2.45) is 0 Å². The van der Waals surface area contributed by atoms with Gasteiger partial charge in [-0.15, -0.1) is 0 Å². The van der Waals surface area contributed by atoms with E-state index >= 15 is 0 Å². The van der Waals surface area contributed by atoms with Gasteiger partial charge in [0.2, 0.25) is 10.0 Å². The van der Waals surface area contributed by atoms with Gasteiger partial charge < -0.3 is 10.8 Å². The van der Waals surface area contributed by atoms with Gasteiger partial charge in [0, 0.05) is 24.3 Å². The summed E-state index contributed by atoms with van der Waals surface area (Å²) in [6.45, 7) is 1.81. The molecule has 8 heteroatoms. The molecule has 108 valence electrons. The van der Waals surface area contributed by atoms with Crippen LogP contribution in [0.2, 0.25) is 5.02 Å². The van der Waals surface area contributed by atoms with Gasteiger partial charge in [0.15, 0.2) is 0 Å². The van der Waals surface area contributed by atoms with Crippen LogP contribution in [0.5, 0.6) is 0 Å². The predicted molar refractivity (Wildman–Crippen MR) is 79.7 cm³/mol. The van der Waals surface area contributed by atoms with Crippen molar-refractivity contribution in [2.75, 3.05) is 19.3 Å². The zero-order valence-electron chi connectivity index (χ0n) is 10.6. The van der Waals surface area contributed by atoms with E-state index in [0.717, 1.165) is 4.31 Å². The summed E-state index contributed by atoms with van der Waals surface area (Å²) in [5, 5.41) is 9.46. The highest BCUT2D eigenvalue weighted by Gasteiger charge is 2.25. The standard InChI is InChI=1S/C11H16BrClN2O3S/c1-7(16)3-4-15(2)19(17,18)10-6-8(13)5-9(14)11(10)12/h5-7,16H,3-4,14H2,1-2H3. The predicted octanol–water partition coefficient (Wildman–Crippen LogP) is 2.08. The first-order valence-electron chi connectivity index (χ1n) is 5.55. The Hall–Kier alpha value is -0.340. The number of nitrogens with two attached hydrogens (primary N) is 1. The van der Waals surface area contributed by atoms with Crippen LogP contribution in [0.4, 0.5) is 5.69 Å². The van der Waals surface area contributed by atoms with E-state index in [2.05, 4.69) is 15.9 Å². The van der Waals surface area contributed by atoms with E-state index in [9.17, 15) is 13.5 Å². The van der Waals surface area contributed by atoms with Crippen LogP contribution in [0.25, 0.3) is 0 Å². The molecule has 0 bridgehead atoms. The van der Waals surface area contributed by atoms with Crippen molar-refractivity contribution >= 4 is 43.2 Å². The van der Waals surface area contributed by atoms with Crippen molar-refractivity contribution in [3.05, 3.63) is 21.6 Å². The minimum absolute atomic E-state index is 0.0191. The van der Waals surface area contributed by atoms with E-state index in [4.69, 9.17) is 17.3 Å². The number of aliphatic hydroxyl groups is 1. The zero-order valence-corrected chi connectivity index (χ0v) is 13.8. The van der Waals surface area contributed by atoms with Crippen molar-refractivity contribution in [1.29, 1.82) is 0 Å². The number of hydrogen-bond donors (Lipinski definition) is 2. The lowest BCUT2D eigenvalue weighted by atomic mass is 10.3. The van der Waals surface area contributed by atoms with Crippen LogP contribution in [-0.2, 0) is 10.0 Å². The lowest BCUT2D eigenvalue weighted by Gasteiger charge is -2.19. The molecule has 0 aromatic heterocycles. The van der Waals surface area contributed by atoms with E-state index in [1.807, 2.05) is 0 Å². The summed E-state index contributed by atoms with van der Waals surface area (Å²) in [6, 6.07) is 2.82. The summed E-state index contributed by atoms with van der Waals surface area (Å²) in [6.07, 6.45) is -0.214. The molecule has 1 aromatic carbocycles. The van der Waals surface area contributed by atoms with Crippen molar-refractivity contribution < 1.29 is 13.5 Å². The van der Waals surface area contributed by atoms with Gasteiger partial charge >= 0.3 is 0 Å². The third kappa shape index (κ3) is 4.06. The molecular formula is C11H16BrClN2O3S. The quantitative estimate of drug-likeness (QED) is 0.776. The first-order chi connectivity index (χ1) is 8.66. The van der Waals surface area contributed by atoms with E-state index in [0.29, 0.717) is 10.9 Å². The number of benzene rings is 1. The fourth-order valence-corrected chi connectivity index (χ4v) is 3.86. The summed E-state index contributed by atoms with van der Waals surface area (Å²) in [5.41, 5.74) is 5.95. The van der Waals surface area contributed by atoms with E-state index in [1.54, 1.807) is 6.92 Å². The Kier molecular flexibility index (Phi) is 5.64. The molecule has 5 nitrogen and oxygen atoms in total. The number of sulfonamides is 1. The first kappa shape index (κ1) is 16.7. The average molecular weight is 372 g/mol. The monoisotopic (exact) mass is 370 g/mol.